The van der Waals surface area contributed by atoms with E-state index < -0.39 is 11.3 Å². The fourth-order valence-electron chi connectivity index (χ4n) is 0.482. The van der Waals surface area contributed by atoms with Crippen molar-refractivity contribution in [2.24, 2.45) is 5.73 Å². The van der Waals surface area contributed by atoms with Gasteiger partial charge >= 0.3 is 0 Å². The minimum atomic E-state index is -2.10. The average molecular weight is 151 g/mol. The van der Waals surface area contributed by atoms with E-state index in [2.05, 4.69) is 0 Å². The maximum absolute atomic E-state index is 10.2. The second kappa shape index (κ2) is 4.87. The normalized spacial score (nSPS) is 14.2. The quantitative estimate of drug-likeness (QED) is 0.527. The zero-order valence-corrected chi connectivity index (χ0v) is 6.19. The van der Waals surface area contributed by atoms with Crippen LogP contribution in [0.15, 0.2) is 0 Å². The minimum Gasteiger partial charge on any atom is -0.760 e. The van der Waals surface area contributed by atoms with Crippen molar-refractivity contribution in [2.45, 2.75) is 6.92 Å². The Morgan fingerprint density at radius 3 is 2.44 bits per heavy atom. The molecule has 5 heteroatoms. The van der Waals surface area contributed by atoms with E-state index in [0.717, 1.165) is 0 Å². The molecule has 9 heavy (non-hydrogen) atoms. The van der Waals surface area contributed by atoms with Crippen molar-refractivity contribution >= 4 is 11.3 Å². The highest BCUT2D eigenvalue weighted by Crippen LogP contribution is 1.87. The molecule has 0 spiro atoms. The van der Waals surface area contributed by atoms with Crippen LogP contribution in [0.5, 0.6) is 0 Å². The highest BCUT2D eigenvalue weighted by atomic mass is 32.2. The van der Waals surface area contributed by atoms with Gasteiger partial charge in [0.05, 0.1) is 0 Å². The lowest BCUT2D eigenvalue weighted by molar-refractivity contribution is 0.407. The van der Waals surface area contributed by atoms with Crippen LogP contribution in [0, 0.1) is 0 Å². The van der Waals surface area contributed by atoms with E-state index in [4.69, 9.17) is 5.73 Å². The van der Waals surface area contributed by atoms with Crippen molar-refractivity contribution in [1.82, 2.24) is 4.31 Å². The largest absolute Gasteiger partial charge is 0.760 e. The topological polar surface area (TPSA) is 69.4 Å². The third kappa shape index (κ3) is 3.58. The van der Waals surface area contributed by atoms with Gasteiger partial charge in [-0.2, -0.15) is 0 Å². The summed E-state index contributed by atoms with van der Waals surface area (Å²) < 4.78 is 21.6. The molecular formula is C4H11N2O2S-. The Labute approximate surface area is 57.4 Å². The molecule has 0 aromatic rings. The van der Waals surface area contributed by atoms with Gasteiger partial charge in [-0.1, -0.05) is 6.92 Å². The first kappa shape index (κ1) is 9.03. The second-order valence-corrected chi connectivity index (χ2v) is 2.48. The summed E-state index contributed by atoms with van der Waals surface area (Å²) >= 11 is -2.10. The summed E-state index contributed by atoms with van der Waals surface area (Å²) in [5, 5.41) is 0. The van der Waals surface area contributed by atoms with Crippen molar-refractivity contribution in [2.75, 3.05) is 19.6 Å². The molecule has 1 unspecified atom stereocenters. The van der Waals surface area contributed by atoms with E-state index in [1.54, 1.807) is 6.92 Å². The zero-order chi connectivity index (χ0) is 7.28. The highest BCUT2D eigenvalue weighted by Gasteiger charge is 1.97. The molecule has 0 saturated carbocycles. The van der Waals surface area contributed by atoms with E-state index in [-0.39, 0.29) is 0 Å². The average Bonchev–Trinajstić information content (AvgIpc) is 1.82. The van der Waals surface area contributed by atoms with Crippen molar-refractivity contribution in [3.8, 4) is 0 Å². The molecule has 0 aliphatic carbocycles. The van der Waals surface area contributed by atoms with Crippen molar-refractivity contribution < 1.29 is 8.76 Å². The summed E-state index contributed by atoms with van der Waals surface area (Å²) in [6, 6.07) is 0. The third-order valence-electron chi connectivity index (χ3n) is 0.942. The summed E-state index contributed by atoms with van der Waals surface area (Å²) in [5.74, 6) is 0. The van der Waals surface area contributed by atoms with Crippen LogP contribution in [0.3, 0.4) is 0 Å². The number of nitrogens with zero attached hydrogens (tertiary/aromatic N) is 1. The molecule has 1 atom stereocenters. The highest BCUT2D eigenvalue weighted by molar-refractivity contribution is 7.76. The lowest BCUT2D eigenvalue weighted by Gasteiger charge is -2.20. The molecule has 4 nitrogen and oxygen atoms in total. The summed E-state index contributed by atoms with van der Waals surface area (Å²) in [6.07, 6.45) is 0. The molecule has 0 amide bonds. The summed E-state index contributed by atoms with van der Waals surface area (Å²) in [7, 11) is 0. The van der Waals surface area contributed by atoms with Crippen molar-refractivity contribution in [1.29, 1.82) is 0 Å². The summed E-state index contributed by atoms with van der Waals surface area (Å²) in [4.78, 5) is 0. The Morgan fingerprint density at radius 2 is 2.33 bits per heavy atom. The van der Waals surface area contributed by atoms with Crippen LogP contribution in [0.2, 0.25) is 0 Å². The first-order valence-corrected chi connectivity index (χ1v) is 3.80. The van der Waals surface area contributed by atoms with Gasteiger partial charge in [0.2, 0.25) is 0 Å². The molecule has 0 heterocycles. The van der Waals surface area contributed by atoms with Gasteiger partial charge in [0, 0.05) is 30.9 Å². The van der Waals surface area contributed by atoms with Crippen LogP contribution in [0.25, 0.3) is 0 Å². The molecule has 2 N–H and O–H groups in total. The predicted octanol–water partition coefficient (Wildman–Crippen LogP) is -0.939. The molecule has 0 aromatic heterocycles. The number of hydrogen-bond acceptors (Lipinski definition) is 3. The Balaban J connectivity index is 3.54. The SMILES string of the molecule is CCN(CCN)S(=O)[O-]. The Morgan fingerprint density at radius 1 is 1.78 bits per heavy atom. The van der Waals surface area contributed by atoms with E-state index in [9.17, 15) is 8.76 Å². The third-order valence-corrected chi connectivity index (χ3v) is 1.80. The zero-order valence-electron chi connectivity index (χ0n) is 5.37. The van der Waals surface area contributed by atoms with E-state index in [1.165, 1.54) is 4.31 Å². The molecule has 0 fully saturated rings. The molecule has 0 rings (SSSR count). The number of hydrogen-bond donors (Lipinski definition) is 1. The number of likely N-dealkylation sites (N-methyl/N-ethyl adjacent to an activating group) is 1. The molecule has 0 aliphatic rings. The standard InChI is InChI=1S/C4H12N2O2S/c1-2-6(4-3-5)9(7)8/h2-5H2,1H3,(H,7,8)/p-1. The lowest BCUT2D eigenvalue weighted by atomic mass is 10.6. The molecule has 0 saturated heterocycles. The Bertz CT molecular complexity index is 98.6. The van der Waals surface area contributed by atoms with Crippen LogP contribution in [-0.4, -0.2) is 32.7 Å². The Hall–Kier alpha value is 0.0300. The molecule has 0 radical (unpaired) electrons. The summed E-state index contributed by atoms with van der Waals surface area (Å²) in [6.45, 7) is 3.05. The monoisotopic (exact) mass is 151 g/mol. The van der Waals surface area contributed by atoms with Crippen molar-refractivity contribution in [3.63, 3.8) is 0 Å². The van der Waals surface area contributed by atoms with Crippen LogP contribution in [-0.2, 0) is 11.3 Å². The van der Waals surface area contributed by atoms with Gasteiger partial charge in [0.25, 0.3) is 0 Å². The van der Waals surface area contributed by atoms with E-state index in [0.29, 0.717) is 19.6 Å². The molecule has 0 aromatic carbocycles. The first-order valence-electron chi connectivity index (χ1n) is 2.76. The van der Waals surface area contributed by atoms with Crippen LogP contribution in [0.1, 0.15) is 6.92 Å². The molecule has 0 aliphatic heterocycles. The second-order valence-electron chi connectivity index (χ2n) is 1.53. The maximum Gasteiger partial charge on any atom is 0.0225 e. The van der Waals surface area contributed by atoms with Gasteiger partial charge in [-0.15, -0.1) is 0 Å². The van der Waals surface area contributed by atoms with Crippen LogP contribution >= 0.6 is 0 Å². The first-order chi connectivity index (χ1) is 4.22. The lowest BCUT2D eigenvalue weighted by Crippen LogP contribution is -2.30. The van der Waals surface area contributed by atoms with Gasteiger partial charge in [-0.25, -0.2) is 4.31 Å². The van der Waals surface area contributed by atoms with Crippen molar-refractivity contribution in [3.05, 3.63) is 0 Å². The molecule has 0 bridgehead atoms. The van der Waals surface area contributed by atoms with Gasteiger partial charge in [0.1, 0.15) is 0 Å². The molecular weight excluding hydrogens is 140 g/mol. The predicted molar refractivity (Wildman–Crippen MR) is 35.2 cm³/mol. The molecule has 56 valence electrons. The fraction of sp³-hybridized carbons (Fsp3) is 1.00. The fourth-order valence-corrected chi connectivity index (χ4v) is 0.947. The Kier molecular flexibility index (Phi) is 4.88. The van der Waals surface area contributed by atoms with E-state index in [1.807, 2.05) is 0 Å². The van der Waals surface area contributed by atoms with Gasteiger partial charge in [-0.3, -0.25) is 4.21 Å². The maximum atomic E-state index is 10.2. The van der Waals surface area contributed by atoms with Crippen LogP contribution < -0.4 is 5.73 Å². The van der Waals surface area contributed by atoms with Gasteiger partial charge < -0.3 is 10.3 Å². The van der Waals surface area contributed by atoms with Gasteiger partial charge in [0.15, 0.2) is 0 Å². The van der Waals surface area contributed by atoms with Gasteiger partial charge in [-0.05, 0) is 0 Å². The van der Waals surface area contributed by atoms with E-state index >= 15 is 0 Å². The number of rotatable bonds is 4. The number of nitrogens with two attached hydrogens (primary N) is 1. The smallest absolute Gasteiger partial charge is 0.0225 e. The van der Waals surface area contributed by atoms with Crippen LogP contribution in [0.4, 0.5) is 0 Å². The minimum absolute atomic E-state index is 0.377. The summed E-state index contributed by atoms with van der Waals surface area (Å²) in [5.41, 5.74) is 5.13.